The van der Waals surface area contributed by atoms with Gasteiger partial charge in [0.2, 0.25) is 5.91 Å². The lowest BCUT2D eigenvalue weighted by Crippen LogP contribution is -2.57. The minimum absolute atomic E-state index is 0.000307. The van der Waals surface area contributed by atoms with E-state index in [9.17, 15) is 9.59 Å². The van der Waals surface area contributed by atoms with E-state index in [-0.39, 0.29) is 17.9 Å². The molecule has 1 heterocycles. The molecule has 0 unspecified atom stereocenters. The Hall–Kier alpha value is -3.02. The summed E-state index contributed by atoms with van der Waals surface area (Å²) in [6.45, 7) is 7.18. The van der Waals surface area contributed by atoms with E-state index in [4.69, 9.17) is 0 Å². The van der Waals surface area contributed by atoms with E-state index in [1.54, 1.807) is 4.90 Å². The van der Waals surface area contributed by atoms with Gasteiger partial charge < -0.3 is 20.4 Å². The van der Waals surface area contributed by atoms with Gasteiger partial charge in [-0.2, -0.15) is 0 Å². The standard InChI is InChI=1S/C23H30N4O2/c1-18(2)21(22(28)24-17-19-9-5-3-6-10-19)25-23(29)27-15-13-26(14-16-27)20-11-7-4-8-12-20/h3-12,18,21H,13-17H2,1-2H3,(H,24,28)(H,25,29)/t21-/m1/s1. The Bertz CT molecular complexity index is 787. The lowest BCUT2D eigenvalue weighted by atomic mass is 10.0. The van der Waals surface area contributed by atoms with Crippen molar-refractivity contribution >= 4 is 17.6 Å². The summed E-state index contributed by atoms with van der Waals surface area (Å²) >= 11 is 0. The summed E-state index contributed by atoms with van der Waals surface area (Å²) in [5, 5.41) is 5.87. The van der Waals surface area contributed by atoms with E-state index in [2.05, 4.69) is 27.7 Å². The van der Waals surface area contributed by atoms with Gasteiger partial charge in [-0.15, -0.1) is 0 Å². The fourth-order valence-electron chi connectivity index (χ4n) is 3.46. The van der Waals surface area contributed by atoms with Crippen LogP contribution < -0.4 is 15.5 Å². The molecule has 3 amide bonds. The topological polar surface area (TPSA) is 64.7 Å². The summed E-state index contributed by atoms with van der Waals surface area (Å²) in [7, 11) is 0. The second kappa shape index (κ2) is 9.96. The first kappa shape index (κ1) is 20.7. The quantitative estimate of drug-likeness (QED) is 0.792. The largest absolute Gasteiger partial charge is 0.368 e. The Morgan fingerprint density at radius 1 is 0.897 bits per heavy atom. The molecule has 1 fully saturated rings. The number of urea groups is 1. The molecule has 29 heavy (non-hydrogen) atoms. The van der Waals surface area contributed by atoms with Crippen LogP contribution in [0.4, 0.5) is 10.5 Å². The number of nitrogens with one attached hydrogen (secondary N) is 2. The first-order chi connectivity index (χ1) is 14.0. The van der Waals surface area contributed by atoms with Crippen LogP contribution in [0.1, 0.15) is 19.4 Å². The van der Waals surface area contributed by atoms with Gasteiger partial charge in [0.15, 0.2) is 0 Å². The van der Waals surface area contributed by atoms with Gasteiger partial charge in [-0.3, -0.25) is 4.79 Å². The SMILES string of the molecule is CC(C)[C@@H](NC(=O)N1CCN(c2ccccc2)CC1)C(=O)NCc1ccccc1. The van der Waals surface area contributed by atoms with Gasteiger partial charge in [-0.1, -0.05) is 62.4 Å². The molecule has 6 heteroatoms. The zero-order chi connectivity index (χ0) is 20.6. The van der Waals surface area contributed by atoms with Crippen LogP contribution in [0.25, 0.3) is 0 Å². The van der Waals surface area contributed by atoms with Gasteiger partial charge in [-0.25, -0.2) is 4.79 Å². The number of anilines is 1. The smallest absolute Gasteiger partial charge is 0.318 e. The summed E-state index contributed by atoms with van der Waals surface area (Å²) < 4.78 is 0. The number of hydrogen-bond donors (Lipinski definition) is 2. The molecule has 3 rings (SSSR count). The summed E-state index contributed by atoms with van der Waals surface area (Å²) in [4.78, 5) is 29.5. The predicted molar refractivity (Wildman–Crippen MR) is 116 cm³/mol. The molecule has 0 aromatic heterocycles. The van der Waals surface area contributed by atoms with Gasteiger partial charge in [0.1, 0.15) is 6.04 Å². The minimum Gasteiger partial charge on any atom is -0.368 e. The van der Waals surface area contributed by atoms with Crippen molar-refractivity contribution in [3.63, 3.8) is 0 Å². The van der Waals surface area contributed by atoms with Crippen molar-refractivity contribution in [1.82, 2.24) is 15.5 Å². The third-order valence-electron chi connectivity index (χ3n) is 5.23. The maximum atomic E-state index is 12.8. The highest BCUT2D eigenvalue weighted by Gasteiger charge is 2.28. The summed E-state index contributed by atoms with van der Waals surface area (Å²) in [6, 6.07) is 19.3. The number of amides is 3. The van der Waals surface area contributed by atoms with E-state index in [1.165, 1.54) is 5.69 Å². The average Bonchev–Trinajstić information content (AvgIpc) is 2.77. The molecule has 1 aliphatic heterocycles. The van der Waals surface area contributed by atoms with E-state index in [0.29, 0.717) is 19.6 Å². The van der Waals surface area contributed by atoms with Crippen LogP contribution >= 0.6 is 0 Å². The predicted octanol–water partition coefficient (Wildman–Crippen LogP) is 2.86. The number of carbonyl (C=O) groups is 2. The maximum absolute atomic E-state index is 12.8. The van der Waals surface area contributed by atoms with Crippen molar-refractivity contribution in [2.45, 2.75) is 26.4 Å². The highest BCUT2D eigenvalue weighted by molar-refractivity contribution is 5.87. The number of benzene rings is 2. The van der Waals surface area contributed by atoms with Gasteiger partial charge >= 0.3 is 6.03 Å². The Morgan fingerprint density at radius 2 is 1.48 bits per heavy atom. The van der Waals surface area contributed by atoms with Crippen LogP contribution in [0.3, 0.4) is 0 Å². The third kappa shape index (κ3) is 5.73. The van der Waals surface area contributed by atoms with Crippen molar-refractivity contribution in [2.24, 2.45) is 5.92 Å². The average molecular weight is 395 g/mol. The second-order valence-corrected chi connectivity index (χ2v) is 7.68. The summed E-state index contributed by atoms with van der Waals surface area (Å²) in [5.41, 5.74) is 2.21. The number of nitrogens with zero attached hydrogens (tertiary/aromatic N) is 2. The van der Waals surface area contributed by atoms with Crippen molar-refractivity contribution in [3.8, 4) is 0 Å². The fourth-order valence-corrected chi connectivity index (χ4v) is 3.46. The van der Waals surface area contributed by atoms with Gasteiger partial charge in [-0.05, 0) is 23.6 Å². The van der Waals surface area contributed by atoms with Gasteiger partial charge in [0.25, 0.3) is 0 Å². The molecule has 2 aromatic carbocycles. The Balaban J connectivity index is 1.51. The molecular weight excluding hydrogens is 364 g/mol. The Kier molecular flexibility index (Phi) is 7.11. The van der Waals surface area contributed by atoms with Crippen molar-refractivity contribution in [3.05, 3.63) is 66.2 Å². The number of hydrogen-bond acceptors (Lipinski definition) is 3. The normalized spacial score (nSPS) is 15.1. The Morgan fingerprint density at radius 3 is 2.07 bits per heavy atom. The van der Waals surface area contributed by atoms with E-state index < -0.39 is 6.04 Å². The lowest BCUT2D eigenvalue weighted by molar-refractivity contribution is -0.124. The third-order valence-corrected chi connectivity index (χ3v) is 5.23. The van der Waals surface area contributed by atoms with Crippen LogP contribution in [-0.4, -0.2) is 49.1 Å². The highest BCUT2D eigenvalue weighted by atomic mass is 16.2. The molecule has 1 aliphatic rings. The zero-order valence-electron chi connectivity index (χ0n) is 17.2. The molecule has 1 atom stereocenters. The van der Waals surface area contributed by atoms with Crippen LogP contribution in [0.2, 0.25) is 0 Å². The first-order valence-electron chi connectivity index (χ1n) is 10.2. The molecule has 2 aromatic rings. The number of para-hydroxylation sites is 1. The van der Waals surface area contributed by atoms with E-state index in [0.717, 1.165) is 18.7 Å². The molecular formula is C23H30N4O2. The van der Waals surface area contributed by atoms with Crippen molar-refractivity contribution in [2.75, 3.05) is 31.1 Å². The minimum atomic E-state index is -0.557. The zero-order valence-corrected chi connectivity index (χ0v) is 17.2. The van der Waals surface area contributed by atoms with E-state index in [1.807, 2.05) is 62.4 Å². The summed E-state index contributed by atoms with van der Waals surface area (Å²) in [5.74, 6) is -0.152. The first-order valence-corrected chi connectivity index (χ1v) is 10.2. The van der Waals surface area contributed by atoms with E-state index >= 15 is 0 Å². The van der Waals surface area contributed by atoms with Gasteiger partial charge in [0, 0.05) is 38.4 Å². The van der Waals surface area contributed by atoms with Crippen molar-refractivity contribution < 1.29 is 9.59 Å². The van der Waals surface area contributed by atoms with Gasteiger partial charge in [0.05, 0.1) is 0 Å². The molecule has 0 radical (unpaired) electrons. The van der Waals surface area contributed by atoms with Crippen LogP contribution in [0.15, 0.2) is 60.7 Å². The molecule has 0 aliphatic carbocycles. The molecule has 2 N–H and O–H groups in total. The molecule has 0 saturated carbocycles. The molecule has 0 bridgehead atoms. The number of carbonyl (C=O) groups excluding carboxylic acids is 2. The second-order valence-electron chi connectivity index (χ2n) is 7.68. The monoisotopic (exact) mass is 394 g/mol. The number of rotatable bonds is 6. The Labute approximate surface area is 172 Å². The molecule has 0 spiro atoms. The summed E-state index contributed by atoms with van der Waals surface area (Å²) in [6.07, 6.45) is 0. The fraction of sp³-hybridized carbons (Fsp3) is 0.391. The lowest BCUT2D eigenvalue weighted by Gasteiger charge is -2.37. The van der Waals surface area contributed by atoms with Crippen molar-refractivity contribution in [1.29, 1.82) is 0 Å². The molecule has 6 nitrogen and oxygen atoms in total. The molecule has 1 saturated heterocycles. The van der Waals surface area contributed by atoms with Crippen LogP contribution in [-0.2, 0) is 11.3 Å². The number of piperazine rings is 1. The molecule has 154 valence electrons. The van der Waals surface area contributed by atoms with Crippen LogP contribution in [0, 0.1) is 5.92 Å². The van der Waals surface area contributed by atoms with Crippen LogP contribution in [0.5, 0.6) is 0 Å². The maximum Gasteiger partial charge on any atom is 0.318 e. The highest BCUT2D eigenvalue weighted by Crippen LogP contribution is 2.15.